The number of methoxy groups -OCH3 is 1. The topological polar surface area (TPSA) is 105 Å². The first-order chi connectivity index (χ1) is 9.03. The van der Waals surface area contributed by atoms with Crippen molar-refractivity contribution < 1.29 is 14.3 Å². The Morgan fingerprint density at radius 1 is 1.53 bits per heavy atom. The van der Waals surface area contributed by atoms with Gasteiger partial charge in [-0.1, -0.05) is 6.92 Å². The van der Waals surface area contributed by atoms with Crippen molar-refractivity contribution in [1.82, 2.24) is 5.32 Å². The molecule has 19 heavy (non-hydrogen) atoms. The van der Waals surface area contributed by atoms with E-state index in [9.17, 15) is 9.59 Å². The van der Waals surface area contributed by atoms with E-state index >= 15 is 0 Å². The summed E-state index contributed by atoms with van der Waals surface area (Å²) in [5, 5.41) is 9.76. The largest absolute Gasteiger partial charge is 0.467 e. The average Bonchev–Trinajstić information content (AvgIpc) is 2.44. The molecule has 0 spiro atoms. The van der Waals surface area contributed by atoms with Gasteiger partial charge in [-0.05, 0) is 24.6 Å². The highest BCUT2D eigenvalue weighted by molar-refractivity contribution is 5.99. The highest BCUT2D eigenvalue weighted by atomic mass is 16.5. The van der Waals surface area contributed by atoms with Gasteiger partial charge >= 0.3 is 5.97 Å². The van der Waals surface area contributed by atoms with E-state index in [1.807, 2.05) is 0 Å². The van der Waals surface area contributed by atoms with Gasteiger partial charge in [-0.15, -0.1) is 0 Å². The lowest BCUT2D eigenvalue weighted by molar-refractivity contribution is -0.142. The van der Waals surface area contributed by atoms with Gasteiger partial charge in [-0.2, -0.15) is 0 Å². The maximum absolute atomic E-state index is 12.0. The third kappa shape index (κ3) is 3.54. The molecule has 1 aromatic rings. The van der Waals surface area contributed by atoms with Crippen molar-refractivity contribution in [3.8, 4) is 0 Å². The van der Waals surface area contributed by atoms with Crippen molar-refractivity contribution in [2.45, 2.75) is 19.4 Å². The van der Waals surface area contributed by atoms with Crippen LogP contribution in [0.25, 0.3) is 0 Å². The van der Waals surface area contributed by atoms with Crippen LogP contribution in [-0.2, 0) is 9.53 Å². The second kappa shape index (κ2) is 6.53. The van der Waals surface area contributed by atoms with Crippen LogP contribution in [0.1, 0.15) is 29.3 Å². The van der Waals surface area contributed by atoms with Crippen LogP contribution in [0.3, 0.4) is 0 Å². The fourth-order valence-corrected chi connectivity index (χ4v) is 1.55. The zero-order valence-electron chi connectivity index (χ0n) is 10.9. The number of amides is 1. The molecule has 1 atom stereocenters. The van der Waals surface area contributed by atoms with Crippen LogP contribution in [0, 0.1) is 5.41 Å². The Balaban J connectivity index is 2.88. The number of esters is 1. The molecule has 1 amide bonds. The quantitative estimate of drug-likeness (QED) is 0.417. The van der Waals surface area contributed by atoms with E-state index in [1.54, 1.807) is 19.1 Å². The van der Waals surface area contributed by atoms with Crippen LogP contribution >= 0.6 is 0 Å². The molecule has 6 heteroatoms. The molecule has 0 bridgehead atoms. The van der Waals surface area contributed by atoms with Gasteiger partial charge in [0.25, 0.3) is 5.91 Å². The van der Waals surface area contributed by atoms with Gasteiger partial charge in [0.15, 0.2) is 0 Å². The fraction of sp³-hybridized carbons (Fsp3) is 0.308. The molecule has 0 aliphatic rings. The first-order valence-electron chi connectivity index (χ1n) is 5.82. The lowest BCUT2D eigenvalue weighted by atomic mass is 10.1. The molecule has 0 saturated heterocycles. The molecule has 102 valence electrons. The Morgan fingerprint density at radius 3 is 2.74 bits per heavy atom. The van der Waals surface area contributed by atoms with E-state index in [0.717, 1.165) is 6.21 Å². The van der Waals surface area contributed by atoms with E-state index < -0.39 is 17.9 Å². The Kier molecular flexibility index (Phi) is 5.05. The smallest absolute Gasteiger partial charge is 0.328 e. The average molecular weight is 263 g/mol. The molecule has 4 N–H and O–H groups in total. The van der Waals surface area contributed by atoms with Crippen molar-refractivity contribution >= 4 is 23.8 Å². The van der Waals surface area contributed by atoms with Gasteiger partial charge in [-0.3, -0.25) is 4.79 Å². The Bertz CT molecular complexity index is 500. The van der Waals surface area contributed by atoms with Crippen LogP contribution in [0.5, 0.6) is 0 Å². The van der Waals surface area contributed by atoms with Gasteiger partial charge in [-0.25, -0.2) is 4.79 Å². The van der Waals surface area contributed by atoms with E-state index in [-0.39, 0.29) is 0 Å². The van der Waals surface area contributed by atoms with Crippen molar-refractivity contribution in [1.29, 1.82) is 5.41 Å². The summed E-state index contributed by atoms with van der Waals surface area (Å²) in [5.41, 5.74) is 6.86. The second-order valence-corrected chi connectivity index (χ2v) is 3.95. The number of nitrogen functional groups attached to an aromatic ring is 1. The number of benzene rings is 1. The molecule has 0 unspecified atom stereocenters. The van der Waals surface area contributed by atoms with Gasteiger partial charge in [0.05, 0.1) is 7.11 Å². The number of rotatable bonds is 5. The fourth-order valence-electron chi connectivity index (χ4n) is 1.55. The van der Waals surface area contributed by atoms with Crippen LogP contribution in [0.2, 0.25) is 0 Å². The summed E-state index contributed by atoms with van der Waals surface area (Å²) in [6, 6.07) is 3.91. The minimum atomic E-state index is -0.682. The summed E-state index contributed by atoms with van der Waals surface area (Å²) in [7, 11) is 1.27. The minimum Gasteiger partial charge on any atom is -0.467 e. The number of hydrogen-bond acceptors (Lipinski definition) is 5. The standard InChI is InChI=1S/C13H17N3O3/c1-3-11(13(18)19-2)16-12(17)8-4-5-10(15)9(6-8)7-14/h4-7,11,14H,3,15H2,1-2H3,(H,16,17)/t11-/m1/s1. The van der Waals surface area contributed by atoms with Crippen LogP contribution in [0.15, 0.2) is 18.2 Å². The van der Waals surface area contributed by atoms with Crippen molar-refractivity contribution in [2.24, 2.45) is 0 Å². The lowest BCUT2D eigenvalue weighted by Gasteiger charge is -2.14. The number of carbonyl (C=O) groups is 2. The van der Waals surface area contributed by atoms with E-state index in [4.69, 9.17) is 11.1 Å². The molecule has 0 fully saturated rings. The van der Waals surface area contributed by atoms with Gasteiger partial charge in [0.1, 0.15) is 6.04 Å². The van der Waals surface area contributed by atoms with Crippen molar-refractivity contribution in [3.05, 3.63) is 29.3 Å². The normalized spacial score (nSPS) is 11.5. The van der Waals surface area contributed by atoms with Crippen LogP contribution in [-0.4, -0.2) is 31.2 Å². The van der Waals surface area contributed by atoms with Crippen molar-refractivity contribution in [3.63, 3.8) is 0 Å². The van der Waals surface area contributed by atoms with Crippen LogP contribution in [0.4, 0.5) is 5.69 Å². The number of carbonyl (C=O) groups excluding carboxylic acids is 2. The molecule has 0 aromatic heterocycles. The summed E-state index contributed by atoms with van der Waals surface area (Å²) < 4.78 is 4.59. The molecule has 6 nitrogen and oxygen atoms in total. The Morgan fingerprint density at radius 2 is 2.21 bits per heavy atom. The molecular formula is C13H17N3O3. The summed E-state index contributed by atoms with van der Waals surface area (Å²) in [5.74, 6) is -0.890. The molecule has 0 heterocycles. The maximum Gasteiger partial charge on any atom is 0.328 e. The molecular weight excluding hydrogens is 246 g/mol. The predicted molar refractivity (Wildman–Crippen MR) is 72.3 cm³/mol. The third-order valence-corrected chi connectivity index (χ3v) is 2.70. The molecule has 0 radical (unpaired) electrons. The van der Waals surface area contributed by atoms with Gasteiger partial charge in [0, 0.05) is 23.0 Å². The van der Waals surface area contributed by atoms with E-state index in [1.165, 1.54) is 13.2 Å². The first kappa shape index (κ1) is 14.7. The zero-order chi connectivity index (χ0) is 14.4. The number of ether oxygens (including phenoxy) is 1. The summed E-state index contributed by atoms with van der Waals surface area (Å²) in [6.45, 7) is 1.77. The molecule has 1 aromatic carbocycles. The Hall–Kier alpha value is -2.37. The highest BCUT2D eigenvalue weighted by Crippen LogP contribution is 2.12. The summed E-state index contributed by atoms with van der Waals surface area (Å²) >= 11 is 0. The maximum atomic E-state index is 12.0. The number of hydrogen-bond donors (Lipinski definition) is 3. The molecule has 0 aliphatic carbocycles. The summed E-state index contributed by atoms with van der Waals surface area (Å²) in [6.07, 6.45) is 1.51. The van der Waals surface area contributed by atoms with Gasteiger partial charge in [0.2, 0.25) is 0 Å². The SMILES string of the molecule is CC[C@@H](NC(=O)c1ccc(N)c(C=N)c1)C(=O)OC. The lowest BCUT2D eigenvalue weighted by Crippen LogP contribution is -2.41. The van der Waals surface area contributed by atoms with Gasteiger partial charge < -0.3 is 21.2 Å². The molecule has 0 saturated carbocycles. The third-order valence-electron chi connectivity index (χ3n) is 2.70. The minimum absolute atomic E-state index is 0.343. The van der Waals surface area contributed by atoms with E-state index in [2.05, 4.69) is 10.1 Å². The monoisotopic (exact) mass is 263 g/mol. The predicted octanol–water partition coefficient (Wildman–Crippen LogP) is 0.948. The van der Waals surface area contributed by atoms with Crippen molar-refractivity contribution in [2.75, 3.05) is 12.8 Å². The first-order valence-corrected chi connectivity index (χ1v) is 5.82. The zero-order valence-corrected chi connectivity index (χ0v) is 10.9. The number of nitrogens with two attached hydrogens (primary N) is 1. The highest BCUT2D eigenvalue weighted by Gasteiger charge is 2.20. The number of anilines is 1. The van der Waals surface area contributed by atoms with E-state index in [0.29, 0.717) is 23.2 Å². The molecule has 1 rings (SSSR count). The van der Waals surface area contributed by atoms with Crippen LogP contribution < -0.4 is 11.1 Å². The summed E-state index contributed by atoms with van der Waals surface area (Å²) in [4.78, 5) is 23.4. The second-order valence-electron chi connectivity index (χ2n) is 3.95. The number of nitrogens with one attached hydrogen (secondary N) is 2. The Labute approximate surface area is 111 Å². The molecule has 0 aliphatic heterocycles.